The summed E-state index contributed by atoms with van der Waals surface area (Å²) in [6.45, 7) is 10.6. The van der Waals surface area contributed by atoms with Crippen molar-refractivity contribution in [2.24, 2.45) is 0 Å². The van der Waals surface area contributed by atoms with Gasteiger partial charge >= 0.3 is 12.1 Å². The third-order valence-corrected chi connectivity index (χ3v) is 5.46. The van der Waals surface area contributed by atoms with Gasteiger partial charge in [-0.2, -0.15) is 13.2 Å². The molecule has 33 heavy (non-hydrogen) atoms. The minimum atomic E-state index is -4.44. The molecule has 1 saturated heterocycles. The normalized spacial score (nSPS) is 14.8. The lowest BCUT2D eigenvalue weighted by Crippen LogP contribution is -2.38. The molecule has 1 fully saturated rings. The summed E-state index contributed by atoms with van der Waals surface area (Å²) in [5.41, 5.74) is 0.495. The van der Waals surface area contributed by atoms with E-state index in [2.05, 4.69) is 6.58 Å². The first-order valence-corrected chi connectivity index (χ1v) is 10.2. The van der Waals surface area contributed by atoms with E-state index in [-0.39, 0.29) is 19.0 Å². The maximum Gasteiger partial charge on any atom is 0.416 e. The number of nitrogens with zero attached hydrogens (tertiary/aromatic N) is 2. The monoisotopic (exact) mass is 462 g/mol. The molecule has 1 heterocycles. The summed E-state index contributed by atoms with van der Waals surface area (Å²) in [6.07, 6.45) is -4.44. The molecule has 0 saturated carbocycles. The van der Waals surface area contributed by atoms with Crippen LogP contribution in [0.15, 0.2) is 48.8 Å². The fraction of sp³-hybridized carbons (Fsp3) is 0.333. The minimum Gasteiger partial charge on any atom is -0.478 e. The van der Waals surface area contributed by atoms with Gasteiger partial charge in [-0.05, 0) is 68.7 Å². The van der Waals surface area contributed by atoms with Gasteiger partial charge in [-0.3, -0.25) is 9.69 Å². The SMILES string of the molecule is C=C1N(Cc2cc(C)c(OC(C)(C)C(=O)O)c(C)c2)C(=O)CN1c1ccc(C(F)(F)F)cc1. The molecule has 0 atom stereocenters. The summed E-state index contributed by atoms with van der Waals surface area (Å²) in [7, 11) is 0. The van der Waals surface area contributed by atoms with Gasteiger partial charge in [0.05, 0.1) is 12.1 Å². The molecular weight excluding hydrogens is 437 g/mol. The molecule has 0 unspecified atom stereocenters. The van der Waals surface area contributed by atoms with Crippen LogP contribution in [0.25, 0.3) is 0 Å². The highest BCUT2D eigenvalue weighted by atomic mass is 19.4. The minimum absolute atomic E-state index is 0.0316. The third-order valence-electron chi connectivity index (χ3n) is 5.46. The highest BCUT2D eigenvalue weighted by Crippen LogP contribution is 2.34. The summed E-state index contributed by atoms with van der Waals surface area (Å²) < 4.78 is 44.2. The second kappa shape index (κ2) is 8.46. The molecule has 0 bridgehead atoms. The first-order chi connectivity index (χ1) is 15.2. The lowest BCUT2D eigenvalue weighted by Gasteiger charge is -2.26. The van der Waals surface area contributed by atoms with E-state index >= 15 is 0 Å². The van der Waals surface area contributed by atoms with Gasteiger partial charge in [-0.25, -0.2) is 4.79 Å². The second-order valence-electron chi connectivity index (χ2n) is 8.50. The number of rotatable bonds is 6. The number of anilines is 1. The highest BCUT2D eigenvalue weighted by molar-refractivity contribution is 5.88. The van der Waals surface area contributed by atoms with Gasteiger partial charge in [0.1, 0.15) is 18.1 Å². The summed E-state index contributed by atoms with van der Waals surface area (Å²) in [6, 6.07) is 8.19. The molecule has 6 nitrogen and oxygen atoms in total. The van der Waals surface area contributed by atoms with Crippen molar-refractivity contribution < 1.29 is 32.6 Å². The Labute approximate surface area is 189 Å². The van der Waals surface area contributed by atoms with Crippen LogP contribution in [0.4, 0.5) is 18.9 Å². The van der Waals surface area contributed by atoms with Crippen LogP contribution in [0.1, 0.15) is 36.1 Å². The van der Waals surface area contributed by atoms with E-state index < -0.39 is 23.3 Å². The number of alkyl halides is 3. The van der Waals surface area contributed by atoms with E-state index in [4.69, 9.17) is 4.74 Å². The van der Waals surface area contributed by atoms with Gasteiger partial charge in [-0.1, -0.05) is 18.7 Å². The van der Waals surface area contributed by atoms with Crippen LogP contribution in [0.3, 0.4) is 0 Å². The standard InChI is InChI=1S/C24H25F3N2O4/c1-14-10-17(11-15(2)21(14)33-23(4,5)22(31)32)12-29-16(3)28(13-20(29)30)19-8-6-18(7-9-19)24(25,26)27/h6-11H,3,12-13H2,1-2,4-5H3,(H,31,32). The number of halogens is 3. The number of hydrogen-bond acceptors (Lipinski definition) is 4. The van der Waals surface area contributed by atoms with Crippen LogP contribution in [-0.2, 0) is 22.3 Å². The van der Waals surface area contributed by atoms with Crippen LogP contribution in [0.2, 0.25) is 0 Å². The Morgan fingerprint density at radius 2 is 1.67 bits per heavy atom. The van der Waals surface area contributed by atoms with Gasteiger partial charge in [0.15, 0.2) is 5.60 Å². The van der Waals surface area contributed by atoms with Crippen molar-refractivity contribution in [3.05, 3.63) is 71.1 Å². The predicted molar refractivity (Wildman–Crippen MR) is 117 cm³/mol. The summed E-state index contributed by atoms with van der Waals surface area (Å²) in [5.74, 6) is -0.498. The molecule has 1 aliphatic rings. The molecular formula is C24H25F3N2O4. The molecule has 2 aromatic rings. The summed E-state index contributed by atoms with van der Waals surface area (Å²) in [4.78, 5) is 27.1. The Morgan fingerprint density at radius 3 is 2.15 bits per heavy atom. The highest BCUT2D eigenvalue weighted by Gasteiger charge is 2.34. The number of ether oxygens (including phenoxy) is 1. The zero-order chi connectivity index (χ0) is 24.7. The second-order valence-corrected chi connectivity index (χ2v) is 8.50. The Kier molecular flexibility index (Phi) is 6.19. The zero-order valence-corrected chi connectivity index (χ0v) is 18.8. The molecule has 0 aliphatic carbocycles. The molecule has 1 N–H and O–H groups in total. The van der Waals surface area contributed by atoms with Crippen LogP contribution in [-0.4, -0.2) is 34.0 Å². The number of carboxylic acids is 1. The fourth-order valence-electron chi connectivity index (χ4n) is 3.63. The first-order valence-electron chi connectivity index (χ1n) is 10.2. The third kappa shape index (κ3) is 4.97. The zero-order valence-electron chi connectivity index (χ0n) is 18.8. The van der Waals surface area contributed by atoms with Crippen LogP contribution < -0.4 is 9.64 Å². The number of carbonyl (C=O) groups is 2. The maximum atomic E-state index is 12.8. The van der Waals surface area contributed by atoms with E-state index in [0.717, 1.165) is 28.8 Å². The number of benzene rings is 2. The van der Waals surface area contributed by atoms with E-state index in [1.54, 1.807) is 18.7 Å². The van der Waals surface area contributed by atoms with Gasteiger partial charge in [0.2, 0.25) is 5.91 Å². The van der Waals surface area contributed by atoms with Crippen molar-refractivity contribution in [3.63, 3.8) is 0 Å². The van der Waals surface area contributed by atoms with Gasteiger partial charge in [-0.15, -0.1) is 0 Å². The van der Waals surface area contributed by atoms with Crippen LogP contribution >= 0.6 is 0 Å². The number of carboxylic acid groups (broad SMARTS) is 1. The van der Waals surface area contributed by atoms with Gasteiger partial charge < -0.3 is 14.7 Å². The Morgan fingerprint density at radius 1 is 1.12 bits per heavy atom. The molecule has 0 aromatic heterocycles. The van der Waals surface area contributed by atoms with Gasteiger partial charge in [0.25, 0.3) is 0 Å². The lowest BCUT2D eigenvalue weighted by molar-refractivity contribution is -0.152. The number of aliphatic carboxylic acids is 1. The number of carbonyl (C=O) groups excluding carboxylic acids is 1. The van der Waals surface area contributed by atoms with E-state index in [0.29, 0.717) is 17.3 Å². The predicted octanol–water partition coefficient (Wildman–Crippen LogP) is 4.88. The molecule has 1 aliphatic heterocycles. The lowest BCUT2D eigenvalue weighted by atomic mass is 10.0. The van der Waals surface area contributed by atoms with E-state index in [1.165, 1.54) is 30.9 Å². The Hall–Kier alpha value is -3.49. The van der Waals surface area contributed by atoms with Crippen molar-refractivity contribution in [2.45, 2.75) is 46.0 Å². The fourth-order valence-corrected chi connectivity index (χ4v) is 3.63. The maximum absolute atomic E-state index is 12.8. The largest absolute Gasteiger partial charge is 0.478 e. The van der Waals surface area contributed by atoms with Gasteiger partial charge in [0, 0.05) is 5.69 Å². The number of aryl methyl sites for hydroxylation is 2. The van der Waals surface area contributed by atoms with Crippen molar-refractivity contribution >= 4 is 17.6 Å². The van der Waals surface area contributed by atoms with Crippen molar-refractivity contribution in [3.8, 4) is 5.75 Å². The summed E-state index contributed by atoms with van der Waals surface area (Å²) >= 11 is 0. The Balaban J connectivity index is 1.79. The topological polar surface area (TPSA) is 70.1 Å². The molecule has 176 valence electrons. The van der Waals surface area contributed by atoms with E-state index in [9.17, 15) is 27.9 Å². The van der Waals surface area contributed by atoms with Crippen LogP contribution in [0.5, 0.6) is 5.75 Å². The smallest absolute Gasteiger partial charge is 0.416 e. The van der Waals surface area contributed by atoms with Crippen molar-refractivity contribution in [2.75, 3.05) is 11.4 Å². The quantitative estimate of drug-likeness (QED) is 0.662. The average molecular weight is 462 g/mol. The molecule has 0 spiro atoms. The number of amides is 1. The average Bonchev–Trinajstić information content (AvgIpc) is 2.98. The summed E-state index contributed by atoms with van der Waals surface area (Å²) in [5, 5.41) is 9.32. The molecule has 9 heteroatoms. The molecule has 3 rings (SSSR count). The molecule has 2 aromatic carbocycles. The van der Waals surface area contributed by atoms with Crippen LogP contribution in [0, 0.1) is 13.8 Å². The molecule has 0 radical (unpaired) electrons. The number of hydrogen-bond donors (Lipinski definition) is 1. The Bertz CT molecular complexity index is 1080. The molecule has 1 amide bonds. The first kappa shape index (κ1) is 24.2. The van der Waals surface area contributed by atoms with Crippen molar-refractivity contribution in [1.29, 1.82) is 0 Å². The van der Waals surface area contributed by atoms with E-state index in [1.807, 2.05) is 12.1 Å². The van der Waals surface area contributed by atoms with Crippen molar-refractivity contribution in [1.82, 2.24) is 4.90 Å².